The van der Waals surface area contributed by atoms with Crippen LogP contribution >= 0.6 is 27.3 Å². The standard InChI is InChI=1S/C11H10BrNOS/c1-7-10(15-11(12)13-7)8-3-5-9(14-2)6-4-8/h3-6H,1-2H3. The predicted octanol–water partition coefficient (Wildman–Crippen LogP) is 3.89. The molecule has 15 heavy (non-hydrogen) atoms. The third-order valence-corrected chi connectivity index (χ3v) is 3.78. The minimum Gasteiger partial charge on any atom is -0.497 e. The molecule has 2 nitrogen and oxygen atoms in total. The van der Waals surface area contributed by atoms with Gasteiger partial charge in [0, 0.05) is 0 Å². The fourth-order valence-electron chi connectivity index (χ4n) is 1.37. The van der Waals surface area contributed by atoms with Gasteiger partial charge >= 0.3 is 0 Å². The molecule has 0 aliphatic carbocycles. The number of hydrogen-bond acceptors (Lipinski definition) is 3. The molecule has 78 valence electrons. The highest BCUT2D eigenvalue weighted by Crippen LogP contribution is 2.33. The smallest absolute Gasteiger partial charge is 0.159 e. The summed E-state index contributed by atoms with van der Waals surface area (Å²) in [5.74, 6) is 0.875. The van der Waals surface area contributed by atoms with Crippen LogP contribution in [0.1, 0.15) is 5.69 Å². The Hall–Kier alpha value is -0.870. The summed E-state index contributed by atoms with van der Waals surface area (Å²) < 4.78 is 6.04. The van der Waals surface area contributed by atoms with Crippen molar-refractivity contribution in [1.29, 1.82) is 0 Å². The topological polar surface area (TPSA) is 22.1 Å². The minimum absolute atomic E-state index is 0.875. The van der Waals surface area contributed by atoms with Crippen molar-refractivity contribution in [2.24, 2.45) is 0 Å². The molecule has 0 N–H and O–H groups in total. The van der Waals surface area contributed by atoms with E-state index in [0.717, 1.165) is 15.4 Å². The first-order valence-electron chi connectivity index (χ1n) is 4.48. The molecule has 0 unspecified atom stereocenters. The second kappa shape index (κ2) is 4.33. The highest BCUT2D eigenvalue weighted by molar-refractivity contribution is 9.11. The van der Waals surface area contributed by atoms with E-state index in [-0.39, 0.29) is 0 Å². The average molecular weight is 284 g/mol. The van der Waals surface area contributed by atoms with Gasteiger partial charge in [0.05, 0.1) is 17.7 Å². The molecule has 4 heteroatoms. The Bertz CT molecular complexity index is 464. The Morgan fingerprint density at radius 3 is 2.40 bits per heavy atom. The summed E-state index contributed by atoms with van der Waals surface area (Å²) in [6, 6.07) is 8.02. The number of benzene rings is 1. The highest BCUT2D eigenvalue weighted by atomic mass is 79.9. The van der Waals surface area contributed by atoms with Gasteiger partial charge in [0.25, 0.3) is 0 Å². The first kappa shape index (κ1) is 10.6. The normalized spacial score (nSPS) is 10.3. The van der Waals surface area contributed by atoms with E-state index in [1.807, 2.05) is 31.2 Å². The SMILES string of the molecule is COc1ccc(-c2sc(Br)nc2C)cc1. The summed E-state index contributed by atoms with van der Waals surface area (Å²) in [6.45, 7) is 2.01. The van der Waals surface area contributed by atoms with Gasteiger partial charge in [-0.2, -0.15) is 0 Å². The van der Waals surface area contributed by atoms with Gasteiger partial charge in [-0.15, -0.1) is 11.3 Å². The van der Waals surface area contributed by atoms with Crippen LogP contribution in [0.4, 0.5) is 0 Å². The van der Waals surface area contributed by atoms with Gasteiger partial charge in [0.1, 0.15) is 5.75 Å². The molecule has 0 fully saturated rings. The van der Waals surface area contributed by atoms with Crippen molar-refractivity contribution in [2.45, 2.75) is 6.92 Å². The number of ether oxygens (including phenoxy) is 1. The third kappa shape index (κ3) is 2.21. The van der Waals surface area contributed by atoms with Crippen LogP contribution in [0.5, 0.6) is 5.75 Å². The lowest BCUT2D eigenvalue weighted by molar-refractivity contribution is 0.415. The lowest BCUT2D eigenvalue weighted by Gasteiger charge is -2.01. The van der Waals surface area contributed by atoms with Crippen LogP contribution in [-0.4, -0.2) is 12.1 Å². The van der Waals surface area contributed by atoms with Gasteiger partial charge in [0.2, 0.25) is 0 Å². The molecule has 2 aromatic rings. The van der Waals surface area contributed by atoms with E-state index in [2.05, 4.69) is 20.9 Å². The maximum absolute atomic E-state index is 5.12. The van der Waals surface area contributed by atoms with Gasteiger partial charge in [-0.05, 0) is 52.7 Å². The van der Waals surface area contributed by atoms with Gasteiger partial charge in [-0.1, -0.05) is 0 Å². The van der Waals surface area contributed by atoms with Crippen molar-refractivity contribution in [1.82, 2.24) is 4.98 Å². The summed E-state index contributed by atoms with van der Waals surface area (Å²) >= 11 is 5.04. The summed E-state index contributed by atoms with van der Waals surface area (Å²) in [7, 11) is 1.67. The van der Waals surface area contributed by atoms with Crippen molar-refractivity contribution >= 4 is 27.3 Å². The molecule has 1 heterocycles. The number of halogens is 1. The van der Waals surface area contributed by atoms with E-state index in [1.165, 1.54) is 10.4 Å². The van der Waals surface area contributed by atoms with Gasteiger partial charge in [-0.3, -0.25) is 0 Å². The van der Waals surface area contributed by atoms with Crippen LogP contribution in [0.25, 0.3) is 10.4 Å². The molecule has 1 aromatic carbocycles. The zero-order valence-corrected chi connectivity index (χ0v) is 10.9. The van der Waals surface area contributed by atoms with Crippen LogP contribution in [0, 0.1) is 6.92 Å². The van der Waals surface area contributed by atoms with Gasteiger partial charge < -0.3 is 4.74 Å². The van der Waals surface area contributed by atoms with Crippen LogP contribution in [0.15, 0.2) is 28.2 Å². The van der Waals surface area contributed by atoms with E-state index in [9.17, 15) is 0 Å². The summed E-state index contributed by atoms with van der Waals surface area (Å²) in [5.41, 5.74) is 2.23. The highest BCUT2D eigenvalue weighted by Gasteiger charge is 2.07. The molecule has 0 amide bonds. The molecule has 1 aromatic heterocycles. The number of aryl methyl sites for hydroxylation is 1. The summed E-state index contributed by atoms with van der Waals surface area (Å²) in [5, 5.41) is 0. The van der Waals surface area contributed by atoms with E-state index < -0.39 is 0 Å². The molecule has 0 aliphatic rings. The Morgan fingerprint density at radius 2 is 1.93 bits per heavy atom. The average Bonchev–Trinajstić information content (AvgIpc) is 2.58. The van der Waals surface area contributed by atoms with E-state index in [4.69, 9.17) is 4.74 Å². The van der Waals surface area contributed by atoms with Crippen molar-refractivity contribution in [3.63, 3.8) is 0 Å². The van der Waals surface area contributed by atoms with Crippen molar-refractivity contribution < 1.29 is 4.74 Å². The molecule has 0 bridgehead atoms. The Balaban J connectivity index is 2.41. The predicted molar refractivity (Wildman–Crippen MR) is 66.5 cm³/mol. The first-order valence-corrected chi connectivity index (χ1v) is 6.09. The van der Waals surface area contributed by atoms with E-state index in [0.29, 0.717) is 0 Å². The molecule has 0 radical (unpaired) electrons. The molecule has 0 atom stereocenters. The number of hydrogen-bond donors (Lipinski definition) is 0. The minimum atomic E-state index is 0.875. The molecule has 0 spiro atoms. The number of nitrogens with zero attached hydrogens (tertiary/aromatic N) is 1. The third-order valence-electron chi connectivity index (χ3n) is 2.12. The molecule has 0 aliphatic heterocycles. The molecular formula is C11H10BrNOS. The number of thiazole rings is 1. The van der Waals surface area contributed by atoms with Crippen molar-refractivity contribution in [2.75, 3.05) is 7.11 Å². The molecule has 0 saturated heterocycles. The van der Waals surface area contributed by atoms with Crippen molar-refractivity contribution in [3.05, 3.63) is 33.9 Å². The fraction of sp³-hybridized carbons (Fsp3) is 0.182. The van der Waals surface area contributed by atoms with Crippen molar-refractivity contribution in [3.8, 4) is 16.2 Å². The Labute approximate surface area is 101 Å². The Morgan fingerprint density at radius 1 is 1.27 bits per heavy atom. The monoisotopic (exact) mass is 283 g/mol. The zero-order chi connectivity index (χ0) is 10.8. The van der Waals surface area contributed by atoms with E-state index >= 15 is 0 Å². The number of methoxy groups -OCH3 is 1. The van der Waals surface area contributed by atoms with E-state index in [1.54, 1.807) is 18.4 Å². The zero-order valence-electron chi connectivity index (χ0n) is 8.45. The molecular weight excluding hydrogens is 274 g/mol. The fourth-order valence-corrected chi connectivity index (χ4v) is 2.92. The first-order chi connectivity index (χ1) is 7.20. The van der Waals surface area contributed by atoms with Gasteiger partial charge in [-0.25, -0.2) is 4.98 Å². The maximum atomic E-state index is 5.12. The van der Waals surface area contributed by atoms with Crippen LogP contribution in [0.3, 0.4) is 0 Å². The second-order valence-electron chi connectivity index (χ2n) is 3.11. The molecule has 2 rings (SSSR count). The quantitative estimate of drug-likeness (QED) is 0.834. The maximum Gasteiger partial charge on any atom is 0.159 e. The van der Waals surface area contributed by atoms with Gasteiger partial charge in [0.15, 0.2) is 3.92 Å². The van der Waals surface area contributed by atoms with Crippen LogP contribution < -0.4 is 4.74 Å². The Kier molecular flexibility index (Phi) is 3.07. The van der Waals surface area contributed by atoms with Crippen LogP contribution in [0.2, 0.25) is 0 Å². The number of rotatable bonds is 2. The second-order valence-corrected chi connectivity index (χ2v) is 5.38. The molecule has 0 saturated carbocycles. The van der Waals surface area contributed by atoms with Crippen LogP contribution in [-0.2, 0) is 0 Å². The number of aromatic nitrogens is 1. The lowest BCUT2D eigenvalue weighted by Crippen LogP contribution is -1.82. The lowest BCUT2D eigenvalue weighted by atomic mass is 10.1. The summed E-state index contributed by atoms with van der Waals surface area (Å²) in [6.07, 6.45) is 0. The largest absolute Gasteiger partial charge is 0.497 e. The summed E-state index contributed by atoms with van der Waals surface area (Å²) in [4.78, 5) is 5.53.